The topological polar surface area (TPSA) is 141 Å². The number of nitro groups is 2. The quantitative estimate of drug-likeness (QED) is 0.0907. The number of hydrogen-bond acceptors (Lipinski definition) is 11. The third kappa shape index (κ3) is 16.4. The Bertz CT molecular complexity index is 1850. The van der Waals surface area contributed by atoms with Crippen LogP contribution in [-0.4, -0.2) is 124 Å². The van der Waals surface area contributed by atoms with Crippen molar-refractivity contribution in [3.8, 4) is 0 Å². The van der Waals surface area contributed by atoms with Gasteiger partial charge in [0.2, 0.25) is 0 Å². The van der Waals surface area contributed by atoms with Gasteiger partial charge in [-0.05, 0) is 74.1 Å². The van der Waals surface area contributed by atoms with Crippen molar-refractivity contribution in [2.75, 3.05) is 115 Å². The SMILES string of the molecule is CN1CCN(c2cc(N)cc(C(F)(F)F)c2)CC1.CN1CCN(c2cc([N+](=O)[O-])cc(C(F)(F)F)c2)CC1.CN1CCNCC1.O=[N+]([O-])c1cc(I)cc(C(F)(F)F)c1. The molecule has 3 aliphatic rings. The van der Waals surface area contributed by atoms with Gasteiger partial charge in [0.05, 0.1) is 26.5 Å². The third-order valence-corrected chi connectivity index (χ3v) is 9.83. The number of benzene rings is 3. The number of nitrogens with two attached hydrogens (primary N) is 1. The second-order valence-corrected chi connectivity index (χ2v) is 15.1. The van der Waals surface area contributed by atoms with Crippen LogP contribution in [-0.2, 0) is 18.5 Å². The molecule has 0 atom stereocenters. The lowest BCUT2D eigenvalue weighted by Gasteiger charge is -2.34. The fourth-order valence-corrected chi connectivity index (χ4v) is 6.43. The number of likely N-dealkylation sites (N-methyl/N-ethyl adjacent to an activating group) is 3. The largest absolute Gasteiger partial charge is 0.416 e. The molecule has 0 saturated carbocycles. The molecule has 6 rings (SSSR count). The molecule has 3 N–H and O–H groups in total. The minimum atomic E-state index is -4.59. The molecule has 0 amide bonds. The molecular formula is C36H45F9IN9O4. The Hall–Kier alpha value is -4.20. The van der Waals surface area contributed by atoms with Crippen LogP contribution in [0, 0.1) is 23.8 Å². The van der Waals surface area contributed by atoms with Crippen molar-refractivity contribution < 1.29 is 49.4 Å². The van der Waals surface area contributed by atoms with E-state index in [1.807, 2.05) is 19.0 Å². The van der Waals surface area contributed by atoms with Crippen LogP contribution in [0.4, 0.5) is 68.0 Å². The first-order chi connectivity index (χ1) is 27.3. The summed E-state index contributed by atoms with van der Waals surface area (Å²) in [6.45, 7) is 10.4. The Morgan fingerprint density at radius 2 is 0.898 bits per heavy atom. The third-order valence-electron chi connectivity index (χ3n) is 9.21. The number of halogens is 10. The molecular weight excluding hydrogens is 920 g/mol. The van der Waals surface area contributed by atoms with Crippen LogP contribution in [0.2, 0.25) is 0 Å². The van der Waals surface area contributed by atoms with Gasteiger partial charge in [-0.1, -0.05) is 0 Å². The predicted octanol–water partition coefficient (Wildman–Crippen LogP) is 7.14. The molecule has 59 heavy (non-hydrogen) atoms. The summed E-state index contributed by atoms with van der Waals surface area (Å²) < 4.78 is 113. The zero-order chi connectivity index (χ0) is 44.3. The van der Waals surface area contributed by atoms with Crippen LogP contribution in [0.3, 0.4) is 0 Å². The molecule has 13 nitrogen and oxygen atoms in total. The van der Waals surface area contributed by atoms with Crippen LogP contribution in [0.5, 0.6) is 0 Å². The highest BCUT2D eigenvalue weighted by molar-refractivity contribution is 14.1. The summed E-state index contributed by atoms with van der Waals surface area (Å²) in [6, 6.07) is 8.92. The fourth-order valence-electron chi connectivity index (χ4n) is 5.78. The number of non-ortho nitro benzene ring substituents is 2. The summed E-state index contributed by atoms with van der Waals surface area (Å²) in [7, 11) is 6.07. The monoisotopic (exact) mass is 965 g/mol. The molecule has 3 aromatic carbocycles. The van der Waals surface area contributed by atoms with Crippen LogP contribution in [0.15, 0.2) is 54.6 Å². The van der Waals surface area contributed by atoms with Crippen molar-refractivity contribution in [2.45, 2.75) is 18.5 Å². The Morgan fingerprint density at radius 1 is 0.542 bits per heavy atom. The zero-order valence-electron chi connectivity index (χ0n) is 32.3. The number of anilines is 3. The number of nitrogens with zero attached hydrogens (tertiary/aromatic N) is 7. The average molecular weight is 966 g/mol. The maximum absolute atomic E-state index is 12.8. The second-order valence-electron chi connectivity index (χ2n) is 13.9. The highest BCUT2D eigenvalue weighted by Gasteiger charge is 2.35. The molecule has 0 radical (unpaired) electrons. The fraction of sp³-hybridized carbons (Fsp3) is 0.500. The van der Waals surface area contributed by atoms with Gasteiger partial charge in [-0.2, -0.15) is 39.5 Å². The Kier molecular flexibility index (Phi) is 17.8. The highest BCUT2D eigenvalue weighted by atomic mass is 127. The summed E-state index contributed by atoms with van der Waals surface area (Å²) in [5.74, 6) is 0. The lowest BCUT2D eigenvalue weighted by atomic mass is 10.1. The Labute approximate surface area is 348 Å². The summed E-state index contributed by atoms with van der Waals surface area (Å²) in [5, 5.41) is 24.3. The van der Waals surface area contributed by atoms with Gasteiger partial charge < -0.3 is 35.6 Å². The molecule has 3 fully saturated rings. The minimum absolute atomic E-state index is 0.152. The number of hydrogen-bond donors (Lipinski definition) is 2. The first kappa shape index (κ1) is 49.2. The number of nitrogens with one attached hydrogen (secondary N) is 1. The summed E-state index contributed by atoms with van der Waals surface area (Å²) in [4.78, 5) is 29.6. The first-order valence-electron chi connectivity index (χ1n) is 18.0. The van der Waals surface area contributed by atoms with E-state index in [0.29, 0.717) is 44.0 Å². The average Bonchev–Trinajstić information content (AvgIpc) is 3.15. The van der Waals surface area contributed by atoms with E-state index >= 15 is 0 Å². The molecule has 0 aliphatic carbocycles. The van der Waals surface area contributed by atoms with Gasteiger partial charge >= 0.3 is 18.5 Å². The summed E-state index contributed by atoms with van der Waals surface area (Å²) in [6.07, 6.45) is -13.5. The van der Waals surface area contributed by atoms with Crippen LogP contribution in [0.1, 0.15) is 16.7 Å². The lowest BCUT2D eigenvalue weighted by Crippen LogP contribution is -2.44. The number of nitrogen functional groups attached to an aromatic ring is 1. The molecule has 23 heteroatoms. The van der Waals surface area contributed by atoms with E-state index in [1.54, 1.807) is 33.6 Å². The summed E-state index contributed by atoms with van der Waals surface area (Å²) in [5.41, 5.74) is 2.75. The molecule has 3 aliphatic heterocycles. The maximum Gasteiger partial charge on any atom is 0.416 e. The summed E-state index contributed by atoms with van der Waals surface area (Å²) >= 11 is 1.60. The number of rotatable bonds is 4. The van der Waals surface area contributed by atoms with Gasteiger partial charge in [0.15, 0.2) is 0 Å². The van der Waals surface area contributed by atoms with Crippen molar-refractivity contribution in [1.29, 1.82) is 0 Å². The number of piperazine rings is 3. The minimum Gasteiger partial charge on any atom is -0.399 e. The van der Waals surface area contributed by atoms with Gasteiger partial charge in [-0.25, -0.2) is 0 Å². The number of alkyl halides is 9. The molecule has 0 spiro atoms. The van der Waals surface area contributed by atoms with Crippen LogP contribution in [0.25, 0.3) is 0 Å². The lowest BCUT2D eigenvalue weighted by molar-refractivity contribution is -0.385. The van der Waals surface area contributed by atoms with E-state index in [0.717, 1.165) is 63.5 Å². The molecule has 0 bridgehead atoms. The van der Waals surface area contributed by atoms with Gasteiger partial charge in [0.25, 0.3) is 11.4 Å². The standard InChI is InChI=1S/C12H14F3N3O2.C12H16F3N3.C7H3F3INO2.C5H12N2/c1-16-2-4-17(5-3-16)10-6-9(12(13,14)15)7-11(8-10)18(19)20;1-17-2-4-18(5-3-17)11-7-9(12(13,14)15)6-10(16)8-11;8-7(9,10)4-1-5(11)3-6(2-4)12(13)14;1-7-4-2-6-3-5-7/h6-8H,2-5H2,1H3;6-8H,2-5,16H2,1H3;1-3H;6H,2-5H2,1H3. The number of nitro benzene ring substituents is 2. The zero-order valence-corrected chi connectivity index (χ0v) is 34.5. The predicted molar refractivity (Wildman–Crippen MR) is 215 cm³/mol. The highest BCUT2D eigenvalue weighted by Crippen LogP contribution is 2.36. The van der Waals surface area contributed by atoms with Crippen LogP contribution >= 0.6 is 22.6 Å². The molecule has 3 aromatic rings. The van der Waals surface area contributed by atoms with Gasteiger partial charge in [-0.3, -0.25) is 20.2 Å². The van der Waals surface area contributed by atoms with E-state index in [1.165, 1.54) is 25.2 Å². The van der Waals surface area contributed by atoms with E-state index in [-0.39, 0.29) is 14.9 Å². The maximum atomic E-state index is 12.8. The van der Waals surface area contributed by atoms with E-state index in [2.05, 4.69) is 27.1 Å². The van der Waals surface area contributed by atoms with Crippen LogP contribution < -0.4 is 20.9 Å². The van der Waals surface area contributed by atoms with Crippen molar-refractivity contribution in [3.05, 3.63) is 95.1 Å². The molecule has 3 heterocycles. The van der Waals surface area contributed by atoms with Crippen molar-refractivity contribution in [3.63, 3.8) is 0 Å². The van der Waals surface area contributed by atoms with E-state index in [9.17, 15) is 59.7 Å². The Balaban J connectivity index is 0.000000221. The first-order valence-corrected chi connectivity index (χ1v) is 19.0. The van der Waals surface area contributed by atoms with Gasteiger partial charge in [0.1, 0.15) is 0 Å². The van der Waals surface area contributed by atoms with E-state index in [4.69, 9.17) is 5.73 Å². The van der Waals surface area contributed by atoms with Crippen molar-refractivity contribution in [2.24, 2.45) is 0 Å². The normalized spacial score (nSPS) is 17.1. The molecule has 3 saturated heterocycles. The molecule has 0 unspecified atom stereocenters. The van der Waals surface area contributed by atoms with Gasteiger partial charge in [-0.15, -0.1) is 0 Å². The molecule has 328 valence electrons. The van der Waals surface area contributed by atoms with Gasteiger partial charge in [0, 0.05) is 123 Å². The smallest absolute Gasteiger partial charge is 0.399 e. The molecule has 0 aromatic heterocycles. The second kappa shape index (κ2) is 21.4. The van der Waals surface area contributed by atoms with E-state index < -0.39 is 56.4 Å². The Morgan fingerprint density at radius 3 is 1.27 bits per heavy atom. The van der Waals surface area contributed by atoms with Crippen molar-refractivity contribution >= 4 is 51.0 Å². The van der Waals surface area contributed by atoms with Crippen molar-refractivity contribution in [1.82, 2.24) is 20.0 Å².